The molecule has 0 spiro atoms. The number of benzene rings is 1. The number of likely N-dealkylation sites (N-methyl/N-ethyl adjacent to an activating group) is 1. The molecule has 0 atom stereocenters. The Morgan fingerprint density at radius 3 is 2.67 bits per heavy atom. The van der Waals surface area contributed by atoms with Crippen LogP contribution in [0, 0.1) is 0 Å². The average Bonchev–Trinajstić information content (AvgIpc) is 2.83. The number of rotatable bonds is 5. The van der Waals surface area contributed by atoms with E-state index in [1.54, 1.807) is 0 Å². The number of carbonyl (C=O) groups is 1. The summed E-state index contributed by atoms with van der Waals surface area (Å²) in [7, 11) is 0. The standard InChI is InChI=1S/C16H24N2O3/c1-5-18(10-15(19)17-16(2,3)4)9-12-6-7-13-14(8-12)21-11-20-13/h6-8H,5,9-11H2,1-4H3,(H,17,19). The van der Waals surface area contributed by atoms with Crippen LogP contribution in [0.3, 0.4) is 0 Å². The Hall–Kier alpha value is -1.75. The summed E-state index contributed by atoms with van der Waals surface area (Å²) in [6, 6.07) is 5.91. The summed E-state index contributed by atoms with van der Waals surface area (Å²) in [6.07, 6.45) is 0. The van der Waals surface area contributed by atoms with Gasteiger partial charge in [-0.3, -0.25) is 9.69 Å². The monoisotopic (exact) mass is 292 g/mol. The van der Waals surface area contributed by atoms with Crippen molar-refractivity contribution in [3.63, 3.8) is 0 Å². The minimum atomic E-state index is -0.199. The Balaban J connectivity index is 1.94. The van der Waals surface area contributed by atoms with Crippen LogP contribution in [0.4, 0.5) is 0 Å². The second-order valence-corrected chi connectivity index (χ2v) is 6.29. The molecular weight excluding hydrogens is 268 g/mol. The van der Waals surface area contributed by atoms with E-state index in [9.17, 15) is 4.79 Å². The lowest BCUT2D eigenvalue weighted by atomic mass is 10.1. The zero-order valence-electron chi connectivity index (χ0n) is 13.2. The molecule has 1 aromatic carbocycles. The fraction of sp³-hybridized carbons (Fsp3) is 0.562. The van der Waals surface area contributed by atoms with Crippen LogP contribution < -0.4 is 14.8 Å². The van der Waals surface area contributed by atoms with E-state index >= 15 is 0 Å². The molecule has 0 fully saturated rings. The highest BCUT2D eigenvalue weighted by molar-refractivity contribution is 5.78. The molecule has 116 valence electrons. The smallest absolute Gasteiger partial charge is 0.234 e. The number of nitrogens with zero attached hydrogens (tertiary/aromatic N) is 1. The van der Waals surface area contributed by atoms with Gasteiger partial charge in [0.25, 0.3) is 0 Å². The Morgan fingerprint density at radius 2 is 2.00 bits per heavy atom. The van der Waals surface area contributed by atoms with E-state index < -0.39 is 0 Å². The van der Waals surface area contributed by atoms with Gasteiger partial charge in [0, 0.05) is 12.1 Å². The van der Waals surface area contributed by atoms with Crippen LogP contribution in [-0.4, -0.2) is 36.2 Å². The molecule has 1 aromatic rings. The third kappa shape index (κ3) is 4.63. The lowest BCUT2D eigenvalue weighted by molar-refractivity contribution is -0.123. The minimum Gasteiger partial charge on any atom is -0.454 e. The van der Waals surface area contributed by atoms with Gasteiger partial charge in [-0.05, 0) is 45.0 Å². The summed E-state index contributed by atoms with van der Waals surface area (Å²) >= 11 is 0. The molecule has 0 saturated heterocycles. The first kappa shape index (κ1) is 15.6. The highest BCUT2D eigenvalue weighted by Gasteiger charge is 2.18. The highest BCUT2D eigenvalue weighted by atomic mass is 16.7. The predicted molar refractivity (Wildman–Crippen MR) is 81.4 cm³/mol. The van der Waals surface area contributed by atoms with Gasteiger partial charge in [-0.15, -0.1) is 0 Å². The van der Waals surface area contributed by atoms with Crippen LogP contribution in [0.1, 0.15) is 33.3 Å². The molecule has 5 nitrogen and oxygen atoms in total. The summed E-state index contributed by atoms with van der Waals surface area (Å²) in [4.78, 5) is 14.1. The summed E-state index contributed by atoms with van der Waals surface area (Å²) in [5.41, 5.74) is 0.916. The SMILES string of the molecule is CCN(CC(=O)NC(C)(C)C)Cc1ccc2c(c1)OCO2. The van der Waals surface area contributed by atoms with E-state index in [2.05, 4.69) is 17.1 Å². The van der Waals surface area contributed by atoms with Crippen molar-refractivity contribution in [3.05, 3.63) is 23.8 Å². The van der Waals surface area contributed by atoms with E-state index in [-0.39, 0.29) is 18.2 Å². The van der Waals surface area contributed by atoms with Gasteiger partial charge in [0.05, 0.1) is 6.54 Å². The number of hydrogen-bond acceptors (Lipinski definition) is 4. The van der Waals surface area contributed by atoms with Crippen molar-refractivity contribution < 1.29 is 14.3 Å². The summed E-state index contributed by atoms with van der Waals surface area (Å²) in [6.45, 7) is 10.2. The molecule has 0 bridgehead atoms. The third-order valence-electron chi connectivity index (χ3n) is 3.17. The second kappa shape index (κ2) is 6.35. The van der Waals surface area contributed by atoms with Crippen molar-refractivity contribution in [2.24, 2.45) is 0 Å². The average molecular weight is 292 g/mol. The zero-order chi connectivity index (χ0) is 15.5. The molecule has 0 saturated carbocycles. The molecule has 5 heteroatoms. The molecule has 0 aliphatic carbocycles. The lowest BCUT2D eigenvalue weighted by Crippen LogP contribution is -2.45. The fourth-order valence-electron chi connectivity index (χ4n) is 2.24. The molecule has 1 heterocycles. The van der Waals surface area contributed by atoms with Crippen LogP contribution in [0.15, 0.2) is 18.2 Å². The van der Waals surface area contributed by atoms with Crippen LogP contribution in [0.5, 0.6) is 11.5 Å². The predicted octanol–water partition coefficient (Wildman–Crippen LogP) is 2.15. The Bertz CT molecular complexity index is 509. The van der Waals surface area contributed by atoms with Crippen LogP contribution >= 0.6 is 0 Å². The second-order valence-electron chi connectivity index (χ2n) is 6.29. The van der Waals surface area contributed by atoms with Crippen molar-refractivity contribution in [1.82, 2.24) is 10.2 Å². The zero-order valence-corrected chi connectivity index (χ0v) is 13.2. The molecule has 0 aromatic heterocycles. The normalized spacial score (nSPS) is 13.6. The highest BCUT2D eigenvalue weighted by Crippen LogP contribution is 2.32. The molecule has 21 heavy (non-hydrogen) atoms. The summed E-state index contributed by atoms with van der Waals surface area (Å²) < 4.78 is 10.7. The van der Waals surface area contributed by atoms with Crippen molar-refractivity contribution in [2.75, 3.05) is 19.9 Å². The fourth-order valence-corrected chi connectivity index (χ4v) is 2.24. The first-order chi connectivity index (χ1) is 9.87. The molecule has 0 radical (unpaired) electrons. The number of ether oxygens (including phenoxy) is 2. The number of carbonyl (C=O) groups excluding carboxylic acids is 1. The molecule has 1 aliphatic rings. The van der Waals surface area contributed by atoms with E-state index in [1.807, 2.05) is 39.0 Å². The van der Waals surface area contributed by atoms with Gasteiger partial charge >= 0.3 is 0 Å². The number of fused-ring (bicyclic) bond motifs is 1. The molecule has 0 unspecified atom stereocenters. The summed E-state index contributed by atoms with van der Waals surface area (Å²) in [5.74, 6) is 1.61. The number of amides is 1. The quantitative estimate of drug-likeness (QED) is 0.903. The van der Waals surface area contributed by atoms with Crippen LogP contribution in [0.25, 0.3) is 0 Å². The molecule has 1 amide bonds. The van der Waals surface area contributed by atoms with Crippen molar-refractivity contribution in [2.45, 2.75) is 39.8 Å². The number of hydrogen-bond donors (Lipinski definition) is 1. The van der Waals surface area contributed by atoms with Crippen molar-refractivity contribution in [3.8, 4) is 11.5 Å². The summed E-state index contributed by atoms with van der Waals surface area (Å²) in [5, 5.41) is 2.99. The van der Waals surface area contributed by atoms with Gasteiger partial charge in [0.2, 0.25) is 12.7 Å². The topological polar surface area (TPSA) is 50.8 Å². The van der Waals surface area contributed by atoms with E-state index in [0.717, 1.165) is 23.6 Å². The van der Waals surface area contributed by atoms with Gasteiger partial charge in [0.1, 0.15) is 0 Å². The Morgan fingerprint density at radius 1 is 1.29 bits per heavy atom. The Kier molecular flexibility index (Phi) is 4.73. The third-order valence-corrected chi connectivity index (χ3v) is 3.17. The number of nitrogens with one attached hydrogen (secondary N) is 1. The maximum atomic E-state index is 12.0. The lowest BCUT2D eigenvalue weighted by Gasteiger charge is -2.25. The molecule has 2 rings (SSSR count). The molecule has 1 N–H and O–H groups in total. The molecule has 1 aliphatic heterocycles. The largest absolute Gasteiger partial charge is 0.454 e. The van der Waals surface area contributed by atoms with Gasteiger partial charge in [-0.2, -0.15) is 0 Å². The van der Waals surface area contributed by atoms with E-state index in [0.29, 0.717) is 13.1 Å². The first-order valence-corrected chi connectivity index (χ1v) is 7.29. The Labute approximate surface area is 126 Å². The van der Waals surface area contributed by atoms with Crippen LogP contribution in [0.2, 0.25) is 0 Å². The van der Waals surface area contributed by atoms with Gasteiger partial charge in [-0.25, -0.2) is 0 Å². The first-order valence-electron chi connectivity index (χ1n) is 7.29. The van der Waals surface area contributed by atoms with Gasteiger partial charge in [-0.1, -0.05) is 13.0 Å². The van der Waals surface area contributed by atoms with Crippen molar-refractivity contribution in [1.29, 1.82) is 0 Å². The van der Waals surface area contributed by atoms with Crippen molar-refractivity contribution >= 4 is 5.91 Å². The minimum absolute atomic E-state index is 0.0464. The van der Waals surface area contributed by atoms with E-state index in [4.69, 9.17) is 9.47 Å². The van der Waals surface area contributed by atoms with E-state index in [1.165, 1.54) is 0 Å². The maximum absolute atomic E-state index is 12.0. The van der Waals surface area contributed by atoms with Gasteiger partial charge in [0.15, 0.2) is 11.5 Å². The molecular formula is C16H24N2O3. The maximum Gasteiger partial charge on any atom is 0.234 e. The van der Waals surface area contributed by atoms with Crippen LogP contribution in [-0.2, 0) is 11.3 Å². The van der Waals surface area contributed by atoms with Gasteiger partial charge < -0.3 is 14.8 Å².